The summed E-state index contributed by atoms with van der Waals surface area (Å²) in [5.41, 5.74) is 0.557. The fourth-order valence-electron chi connectivity index (χ4n) is 3.92. The first-order valence-electron chi connectivity index (χ1n) is 11.3. The van der Waals surface area contributed by atoms with Gasteiger partial charge in [-0.1, -0.05) is 24.3 Å². The Morgan fingerprint density at radius 1 is 1.00 bits per heavy atom. The molecule has 37 heavy (non-hydrogen) atoms. The van der Waals surface area contributed by atoms with Crippen molar-refractivity contribution in [1.82, 2.24) is 14.8 Å². The van der Waals surface area contributed by atoms with Crippen molar-refractivity contribution < 1.29 is 36.3 Å². The quantitative estimate of drug-likeness (QED) is 0.274. The van der Waals surface area contributed by atoms with Crippen LogP contribution >= 0.6 is 0 Å². The number of halogens is 4. The van der Waals surface area contributed by atoms with Crippen LogP contribution in [0.25, 0.3) is 5.57 Å². The first-order valence-corrected chi connectivity index (χ1v) is 11.3. The molecule has 0 saturated carbocycles. The molecule has 1 saturated heterocycles. The lowest BCUT2D eigenvalue weighted by atomic mass is 9.96. The number of amides is 1. The maximum atomic E-state index is 13.5. The van der Waals surface area contributed by atoms with Crippen LogP contribution in [0.2, 0.25) is 0 Å². The summed E-state index contributed by atoms with van der Waals surface area (Å²) < 4.78 is 62.4. The average molecular weight is 517 g/mol. The summed E-state index contributed by atoms with van der Waals surface area (Å²) in [5, 5.41) is 0. The van der Waals surface area contributed by atoms with E-state index in [2.05, 4.69) is 9.72 Å². The first-order chi connectivity index (χ1) is 17.6. The number of methoxy groups -OCH3 is 1. The number of nitrogens with zero attached hydrogens (tertiary/aromatic N) is 3. The molecule has 0 spiro atoms. The highest BCUT2D eigenvalue weighted by Crippen LogP contribution is 2.31. The Morgan fingerprint density at radius 2 is 1.59 bits per heavy atom. The van der Waals surface area contributed by atoms with E-state index in [4.69, 9.17) is 4.42 Å². The van der Waals surface area contributed by atoms with Crippen molar-refractivity contribution in [3.63, 3.8) is 0 Å². The summed E-state index contributed by atoms with van der Waals surface area (Å²) in [4.78, 5) is 32.4. The Morgan fingerprint density at radius 3 is 2.16 bits per heavy atom. The second-order valence-electron chi connectivity index (χ2n) is 8.36. The fraction of sp³-hybridized carbons (Fsp3) is 0.269. The van der Waals surface area contributed by atoms with Gasteiger partial charge < -0.3 is 14.1 Å². The SMILES string of the molecule is COC(=O)c1coc(CN2CCN(C(=O)/C=C(\c3ccc(F)cc3)c3ccc(C(F)(F)F)cc3)CC2)n1. The molecule has 194 valence electrons. The van der Waals surface area contributed by atoms with E-state index in [9.17, 15) is 27.2 Å². The summed E-state index contributed by atoms with van der Waals surface area (Å²) in [6, 6.07) is 9.89. The summed E-state index contributed by atoms with van der Waals surface area (Å²) in [5.74, 6) is -1.03. The standard InChI is InChI=1S/C26H23F4N3O4/c1-36-25(35)22-16-37-23(31-22)15-32-10-12-33(13-11-32)24(34)14-21(18-4-8-20(27)9-5-18)17-2-6-19(7-3-17)26(28,29)30/h2-9,14,16H,10-13,15H2,1H3/b21-14-. The van der Waals surface area contributed by atoms with Crippen LogP contribution in [0.3, 0.4) is 0 Å². The first kappa shape index (κ1) is 26.1. The number of aromatic nitrogens is 1. The lowest BCUT2D eigenvalue weighted by molar-refractivity contribution is -0.137. The Kier molecular flexibility index (Phi) is 7.72. The van der Waals surface area contributed by atoms with Gasteiger partial charge >= 0.3 is 12.1 Å². The molecule has 3 aromatic rings. The number of piperazine rings is 1. The minimum Gasteiger partial charge on any atom is -0.464 e. The van der Waals surface area contributed by atoms with E-state index in [0.717, 1.165) is 12.1 Å². The van der Waals surface area contributed by atoms with E-state index in [1.807, 2.05) is 4.90 Å². The number of carbonyl (C=O) groups excluding carboxylic acids is 2. The van der Waals surface area contributed by atoms with Gasteiger partial charge in [0.2, 0.25) is 11.8 Å². The van der Waals surface area contributed by atoms with Crippen molar-refractivity contribution >= 4 is 17.4 Å². The molecule has 1 aliphatic rings. The minimum atomic E-state index is -4.49. The van der Waals surface area contributed by atoms with Crippen LogP contribution in [-0.2, 0) is 22.3 Å². The summed E-state index contributed by atoms with van der Waals surface area (Å²) >= 11 is 0. The Bertz CT molecular complexity index is 1280. The Labute approximate surface area is 209 Å². The van der Waals surface area contributed by atoms with Crippen LogP contribution < -0.4 is 0 Å². The number of alkyl halides is 3. The smallest absolute Gasteiger partial charge is 0.416 e. The van der Waals surface area contributed by atoms with E-state index in [-0.39, 0.29) is 11.6 Å². The van der Waals surface area contributed by atoms with Crippen LogP contribution in [0.1, 0.15) is 33.1 Å². The number of oxazole rings is 1. The summed E-state index contributed by atoms with van der Waals surface area (Å²) in [7, 11) is 1.25. The maximum absolute atomic E-state index is 13.5. The van der Waals surface area contributed by atoms with Gasteiger partial charge in [0.05, 0.1) is 19.2 Å². The molecule has 0 unspecified atom stereocenters. The number of carbonyl (C=O) groups is 2. The summed E-state index contributed by atoms with van der Waals surface area (Å²) in [6.45, 7) is 2.16. The molecule has 0 bridgehead atoms. The third-order valence-corrected chi connectivity index (χ3v) is 5.94. The second kappa shape index (κ2) is 11.0. The van der Waals surface area contributed by atoms with Gasteiger partial charge in [-0.3, -0.25) is 9.69 Å². The predicted octanol–water partition coefficient (Wildman–Crippen LogP) is 4.40. The van der Waals surface area contributed by atoms with Crippen molar-refractivity contribution in [1.29, 1.82) is 0 Å². The fourth-order valence-corrected chi connectivity index (χ4v) is 3.92. The molecule has 1 fully saturated rings. The zero-order valence-corrected chi connectivity index (χ0v) is 19.8. The third kappa shape index (κ3) is 6.42. The number of hydrogen-bond donors (Lipinski definition) is 0. The van der Waals surface area contributed by atoms with Gasteiger partial charge in [0.1, 0.15) is 12.1 Å². The third-order valence-electron chi connectivity index (χ3n) is 5.94. The molecule has 1 amide bonds. The topological polar surface area (TPSA) is 75.9 Å². The van der Waals surface area contributed by atoms with Gasteiger partial charge in [-0.2, -0.15) is 13.2 Å². The van der Waals surface area contributed by atoms with Gasteiger partial charge in [-0.05, 0) is 41.0 Å². The van der Waals surface area contributed by atoms with Crippen LogP contribution in [0, 0.1) is 5.82 Å². The van der Waals surface area contributed by atoms with Crippen LogP contribution in [0.4, 0.5) is 17.6 Å². The molecule has 0 N–H and O–H groups in total. The molecule has 0 aliphatic carbocycles. The predicted molar refractivity (Wildman–Crippen MR) is 125 cm³/mol. The van der Waals surface area contributed by atoms with Gasteiger partial charge in [0.15, 0.2) is 5.69 Å². The lowest BCUT2D eigenvalue weighted by Crippen LogP contribution is -2.47. The molecule has 2 aromatic carbocycles. The average Bonchev–Trinajstić information content (AvgIpc) is 3.36. The van der Waals surface area contributed by atoms with Gasteiger partial charge in [0.25, 0.3) is 0 Å². The number of ether oxygens (including phenoxy) is 1. The zero-order valence-electron chi connectivity index (χ0n) is 19.8. The normalized spacial score (nSPS) is 15.1. The van der Waals surface area contributed by atoms with E-state index >= 15 is 0 Å². The lowest BCUT2D eigenvalue weighted by Gasteiger charge is -2.33. The van der Waals surface area contributed by atoms with Gasteiger partial charge in [-0.25, -0.2) is 14.2 Å². The van der Waals surface area contributed by atoms with E-state index < -0.39 is 23.5 Å². The highest BCUT2D eigenvalue weighted by molar-refractivity contribution is 5.99. The Balaban J connectivity index is 1.47. The van der Waals surface area contributed by atoms with Crippen molar-refractivity contribution in [2.45, 2.75) is 12.7 Å². The van der Waals surface area contributed by atoms with Crippen molar-refractivity contribution in [2.75, 3.05) is 33.3 Å². The van der Waals surface area contributed by atoms with Crippen LogP contribution in [-0.4, -0.2) is 59.9 Å². The molecule has 4 rings (SSSR count). The molecular weight excluding hydrogens is 494 g/mol. The van der Waals surface area contributed by atoms with E-state index in [1.54, 1.807) is 4.90 Å². The maximum Gasteiger partial charge on any atom is 0.416 e. The Hall–Kier alpha value is -3.99. The minimum absolute atomic E-state index is 0.0769. The molecule has 1 aliphatic heterocycles. The van der Waals surface area contributed by atoms with Crippen molar-refractivity contribution in [3.8, 4) is 0 Å². The highest BCUT2D eigenvalue weighted by atomic mass is 19.4. The van der Waals surface area contributed by atoms with Crippen LogP contribution in [0.15, 0.2) is 65.3 Å². The molecule has 11 heteroatoms. The van der Waals surface area contributed by atoms with E-state index in [1.165, 1.54) is 55.8 Å². The molecule has 1 aromatic heterocycles. The van der Waals surface area contributed by atoms with Gasteiger partial charge in [0, 0.05) is 32.3 Å². The van der Waals surface area contributed by atoms with Crippen LogP contribution in [0.5, 0.6) is 0 Å². The monoisotopic (exact) mass is 517 g/mol. The molecule has 0 atom stereocenters. The largest absolute Gasteiger partial charge is 0.464 e. The summed E-state index contributed by atoms with van der Waals surface area (Å²) in [6.07, 6.45) is -1.90. The zero-order chi connectivity index (χ0) is 26.6. The van der Waals surface area contributed by atoms with Crippen molar-refractivity contribution in [3.05, 3.63) is 95.0 Å². The molecule has 0 radical (unpaired) electrons. The van der Waals surface area contributed by atoms with E-state index in [0.29, 0.717) is 55.3 Å². The number of benzene rings is 2. The number of hydrogen-bond acceptors (Lipinski definition) is 6. The van der Waals surface area contributed by atoms with Crippen molar-refractivity contribution in [2.24, 2.45) is 0 Å². The highest BCUT2D eigenvalue weighted by Gasteiger charge is 2.30. The molecular formula is C26H23F4N3O4. The number of rotatable bonds is 6. The molecule has 7 nitrogen and oxygen atoms in total. The number of esters is 1. The second-order valence-corrected chi connectivity index (χ2v) is 8.36. The van der Waals surface area contributed by atoms with Gasteiger partial charge in [-0.15, -0.1) is 0 Å². The molecule has 2 heterocycles.